The first-order valence-corrected chi connectivity index (χ1v) is 11.6. The van der Waals surface area contributed by atoms with Crippen LogP contribution in [-0.4, -0.2) is 60.4 Å². The van der Waals surface area contributed by atoms with E-state index in [0.717, 1.165) is 32.0 Å². The molecule has 2 aromatic rings. The van der Waals surface area contributed by atoms with E-state index >= 15 is 0 Å². The van der Waals surface area contributed by atoms with Crippen molar-refractivity contribution in [1.82, 2.24) is 14.7 Å². The van der Waals surface area contributed by atoms with E-state index in [2.05, 4.69) is 16.0 Å². The lowest BCUT2D eigenvalue weighted by atomic mass is 9.24. The number of hydrogen-bond acceptors (Lipinski definition) is 6. The van der Waals surface area contributed by atoms with Gasteiger partial charge in [0.1, 0.15) is 0 Å². The molecule has 1 aromatic carbocycles. The summed E-state index contributed by atoms with van der Waals surface area (Å²) in [5.74, 6) is 2.21. The van der Waals surface area contributed by atoms with Gasteiger partial charge in [0.05, 0.1) is 30.3 Å². The van der Waals surface area contributed by atoms with Gasteiger partial charge in [-0.05, 0) is 31.9 Å². The molecule has 1 aromatic heterocycles. The number of esters is 1. The summed E-state index contributed by atoms with van der Waals surface area (Å²) in [5.41, 5.74) is 1.31. The second-order valence-electron chi connectivity index (χ2n) is 8.81. The van der Waals surface area contributed by atoms with Crippen molar-refractivity contribution in [3.63, 3.8) is 0 Å². The van der Waals surface area contributed by atoms with E-state index in [9.17, 15) is 9.59 Å². The Kier molecular flexibility index (Phi) is 9.42. The highest BCUT2D eigenvalue weighted by molar-refractivity contribution is 6.70. The van der Waals surface area contributed by atoms with Gasteiger partial charge in [-0.15, -0.1) is 0 Å². The summed E-state index contributed by atoms with van der Waals surface area (Å²) < 4.78 is 6.98. The van der Waals surface area contributed by atoms with Crippen LogP contribution in [0.2, 0.25) is 12.6 Å². The predicted molar refractivity (Wildman–Crippen MR) is 130 cm³/mol. The summed E-state index contributed by atoms with van der Waals surface area (Å²) in [5, 5.41) is 13.0. The maximum Gasteiger partial charge on any atom is 0.313 e. The van der Waals surface area contributed by atoms with Crippen LogP contribution in [0.4, 0.5) is 0 Å². The molecule has 0 saturated carbocycles. The smallest absolute Gasteiger partial charge is 0.313 e. The van der Waals surface area contributed by atoms with Crippen molar-refractivity contribution in [2.24, 2.45) is 10.8 Å². The SMILES string of the molecule is CC.CCOC(=O)C1(C)CN(C)CC12CB(C#N)C2.O=Cc1cnn(Cc2ccccc2)c1. The first-order chi connectivity index (χ1) is 15.9. The fourth-order valence-electron chi connectivity index (χ4n) is 4.88. The number of aldehydes is 1. The first kappa shape index (κ1) is 26.3. The molecule has 0 bridgehead atoms. The van der Waals surface area contributed by atoms with Crippen molar-refractivity contribution in [3.05, 3.63) is 53.9 Å². The van der Waals surface area contributed by atoms with Gasteiger partial charge in [0.2, 0.25) is 0 Å². The Morgan fingerprint density at radius 3 is 2.48 bits per heavy atom. The van der Waals surface area contributed by atoms with Crippen LogP contribution in [0, 0.1) is 22.1 Å². The summed E-state index contributed by atoms with van der Waals surface area (Å²) in [6.07, 6.45) is 5.77. The molecule has 33 heavy (non-hydrogen) atoms. The second kappa shape index (κ2) is 11.8. The van der Waals surface area contributed by atoms with Crippen LogP contribution in [-0.2, 0) is 16.1 Å². The number of likely N-dealkylation sites (tertiary alicyclic amines) is 1. The van der Waals surface area contributed by atoms with Crippen LogP contribution in [0.25, 0.3) is 0 Å². The fraction of sp³-hybridized carbons (Fsp3) is 0.520. The van der Waals surface area contributed by atoms with E-state index in [4.69, 9.17) is 10.00 Å². The number of nitrogens with zero attached hydrogens (tertiary/aromatic N) is 4. The van der Waals surface area contributed by atoms with Gasteiger partial charge in [0.25, 0.3) is 6.71 Å². The van der Waals surface area contributed by atoms with Gasteiger partial charge in [-0.25, -0.2) is 5.26 Å². The van der Waals surface area contributed by atoms with Gasteiger partial charge < -0.3 is 9.64 Å². The number of carbonyl (C=O) groups excluding carboxylic acids is 2. The van der Waals surface area contributed by atoms with E-state index in [1.54, 1.807) is 17.1 Å². The number of aromatic nitrogens is 2. The van der Waals surface area contributed by atoms with Crippen LogP contribution >= 0.6 is 0 Å². The Bertz CT molecular complexity index is 950. The van der Waals surface area contributed by atoms with Crippen molar-refractivity contribution in [2.45, 2.75) is 46.9 Å². The molecular weight excluding hydrogens is 415 g/mol. The van der Waals surface area contributed by atoms with Crippen LogP contribution in [0.15, 0.2) is 42.7 Å². The van der Waals surface area contributed by atoms with Crippen LogP contribution in [0.1, 0.15) is 43.6 Å². The molecule has 2 aliphatic rings. The molecule has 3 heterocycles. The third-order valence-electron chi connectivity index (χ3n) is 6.49. The molecule has 1 unspecified atom stereocenters. The number of nitriles is 1. The largest absolute Gasteiger partial charge is 0.466 e. The van der Waals surface area contributed by atoms with Gasteiger partial charge in [-0.1, -0.05) is 56.8 Å². The number of rotatable bonds is 5. The van der Waals surface area contributed by atoms with Crippen molar-refractivity contribution >= 4 is 19.0 Å². The molecule has 0 amide bonds. The molecule has 176 valence electrons. The predicted octanol–water partition coefficient (Wildman–Crippen LogP) is 3.83. The lowest BCUT2D eigenvalue weighted by molar-refractivity contribution is -0.159. The van der Waals surface area contributed by atoms with Crippen LogP contribution < -0.4 is 0 Å². The van der Waals surface area contributed by atoms with E-state index in [1.165, 1.54) is 5.56 Å². The average molecular weight is 450 g/mol. The zero-order valence-corrected chi connectivity index (χ0v) is 20.5. The molecule has 8 heteroatoms. The highest BCUT2D eigenvalue weighted by Gasteiger charge is 2.65. The van der Waals surface area contributed by atoms with Gasteiger partial charge in [-0.2, -0.15) is 5.10 Å². The minimum absolute atomic E-state index is 0.0333. The Balaban J connectivity index is 0.000000221. The summed E-state index contributed by atoms with van der Waals surface area (Å²) in [6.45, 7) is 10.7. The van der Waals surface area contributed by atoms with E-state index in [-0.39, 0.29) is 18.1 Å². The molecule has 4 rings (SSSR count). The summed E-state index contributed by atoms with van der Waals surface area (Å²) in [6, 6.07) is 10.0. The Morgan fingerprint density at radius 2 is 1.94 bits per heavy atom. The third kappa shape index (κ3) is 5.91. The summed E-state index contributed by atoms with van der Waals surface area (Å²) in [4.78, 5) is 24.8. The standard InChI is InChI=1S/C12H19BN2O2.C11H10N2O.C2H6/c1-4-17-10(16)11(2)7-15(3)8-12(11)5-13(6-12)9-14;14-9-11-6-12-13(8-11)7-10-4-2-1-3-5-10;1-2/h4-8H2,1-3H3;1-6,8-9H,7H2;1-2H3. The maximum absolute atomic E-state index is 12.2. The Hall–Kier alpha value is -2.92. The molecule has 1 spiro atoms. The van der Waals surface area contributed by atoms with Crippen molar-refractivity contribution in [2.75, 3.05) is 26.7 Å². The molecule has 0 aliphatic carbocycles. The summed E-state index contributed by atoms with van der Waals surface area (Å²) >= 11 is 0. The number of hydrogen-bond donors (Lipinski definition) is 0. The van der Waals surface area contributed by atoms with Crippen LogP contribution in [0.5, 0.6) is 0 Å². The molecule has 2 saturated heterocycles. The topological polar surface area (TPSA) is 88.2 Å². The van der Waals surface area contributed by atoms with Crippen LogP contribution in [0.3, 0.4) is 0 Å². The van der Waals surface area contributed by atoms with E-state index in [1.807, 2.05) is 65.1 Å². The molecule has 0 N–H and O–H groups in total. The van der Waals surface area contributed by atoms with Crippen molar-refractivity contribution < 1.29 is 14.3 Å². The Labute approximate surface area is 197 Å². The lowest BCUT2D eigenvalue weighted by Crippen LogP contribution is -2.55. The van der Waals surface area contributed by atoms with Gasteiger partial charge >= 0.3 is 5.97 Å². The minimum Gasteiger partial charge on any atom is -0.466 e. The molecule has 7 nitrogen and oxygen atoms in total. The quantitative estimate of drug-likeness (QED) is 0.391. The third-order valence-corrected chi connectivity index (χ3v) is 6.49. The number of benzene rings is 1. The molecule has 2 fully saturated rings. The van der Waals surface area contributed by atoms with Gasteiger partial charge in [-0.3, -0.25) is 14.3 Å². The lowest BCUT2D eigenvalue weighted by Gasteiger charge is -2.49. The van der Waals surface area contributed by atoms with Crippen molar-refractivity contribution in [3.8, 4) is 5.97 Å². The normalized spacial score (nSPS) is 20.4. The van der Waals surface area contributed by atoms with E-state index in [0.29, 0.717) is 18.7 Å². The molecular formula is C25H35BN4O3. The van der Waals surface area contributed by atoms with Crippen molar-refractivity contribution in [1.29, 1.82) is 5.26 Å². The van der Waals surface area contributed by atoms with Gasteiger partial charge in [0, 0.05) is 25.3 Å². The number of ether oxygens (including phenoxy) is 1. The minimum atomic E-state index is -0.439. The fourth-order valence-corrected chi connectivity index (χ4v) is 4.88. The zero-order chi connectivity index (χ0) is 24.5. The number of carbonyl (C=O) groups is 2. The molecule has 1 atom stereocenters. The Morgan fingerprint density at radius 1 is 1.27 bits per heavy atom. The highest BCUT2D eigenvalue weighted by Crippen LogP contribution is 2.59. The maximum atomic E-state index is 12.2. The van der Waals surface area contributed by atoms with Gasteiger partial charge in [0.15, 0.2) is 6.29 Å². The van der Waals surface area contributed by atoms with E-state index < -0.39 is 5.41 Å². The highest BCUT2D eigenvalue weighted by atomic mass is 16.5. The molecule has 2 aliphatic heterocycles. The summed E-state index contributed by atoms with van der Waals surface area (Å²) in [7, 11) is 2.03. The zero-order valence-electron chi connectivity index (χ0n) is 20.5. The average Bonchev–Trinajstić information content (AvgIpc) is 3.37. The molecule has 0 radical (unpaired) electrons. The first-order valence-electron chi connectivity index (χ1n) is 11.6. The monoisotopic (exact) mass is 450 g/mol. The second-order valence-corrected chi connectivity index (χ2v) is 8.81.